The van der Waals surface area contributed by atoms with E-state index in [-0.39, 0.29) is 6.10 Å². The van der Waals surface area contributed by atoms with Crippen molar-refractivity contribution in [1.82, 2.24) is 5.32 Å². The van der Waals surface area contributed by atoms with Crippen LogP contribution < -0.4 is 5.32 Å². The number of ether oxygens (including phenoxy) is 1. The highest BCUT2D eigenvalue weighted by Crippen LogP contribution is 2.17. The van der Waals surface area contributed by atoms with Gasteiger partial charge >= 0.3 is 5.97 Å². The highest BCUT2D eigenvalue weighted by atomic mass is 16.5. The Morgan fingerprint density at radius 2 is 2.12 bits per heavy atom. The highest BCUT2D eigenvalue weighted by Gasteiger charge is 2.34. The van der Waals surface area contributed by atoms with E-state index in [4.69, 9.17) is 4.74 Å². The van der Waals surface area contributed by atoms with Gasteiger partial charge in [0.15, 0.2) is 0 Å². The number of rotatable bonds is 9. The Morgan fingerprint density at radius 3 is 2.50 bits per heavy atom. The van der Waals surface area contributed by atoms with Gasteiger partial charge in [-0.15, -0.1) is 0 Å². The fraction of sp³-hybridized carbons (Fsp3) is 0.917. The first-order chi connectivity index (χ1) is 7.52. The lowest BCUT2D eigenvalue weighted by atomic mass is 9.91. The molecule has 0 aliphatic rings. The van der Waals surface area contributed by atoms with Gasteiger partial charge in [0.2, 0.25) is 0 Å². The summed E-state index contributed by atoms with van der Waals surface area (Å²) >= 11 is 0. The van der Waals surface area contributed by atoms with E-state index in [9.17, 15) is 9.90 Å². The Balaban J connectivity index is 3.99. The monoisotopic (exact) mass is 231 g/mol. The second-order valence-corrected chi connectivity index (χ2v) is 4.18. The quantitative estimate of drug-likeness (QED) is 0.596. The van der Waals surface area contributed by atoms with Crippen LogP contribution in [0.15, 0.2) is 0 Å². The van der Waals surface area contributed by atoms with Gasteiger partial charge in [0.25, 0.3) is 0 Å². The molecule has 4 heteroatoms. The molecule has 0 amide bonds. The maximum Gasteiger partial charge on any atom is 0.323 e. The molecule has 0 aromatic heterocycles. The number of likely N-dealkylation sites (N-methyl/N-ethyl adjacent to an activating group) is 1. The van der Waals surface area contributed by atoms with Crippen LogP contribution in [0.25, 0.3) is 0 Å². The molecule has 2 unspecified atom stereocenters. The minimum atomic E-state index is -0.793. The summed E-state index contributed by atoms with van der Waals surface area (Å²) < 4.78 is 5.53. The zero-order chi connectivity index (χ0) is 12.6. The van der Waals surface area contributed by atoms with Crippen molar-refractivity contribution in [2.75, 3.05) is 13.7 Å². The molecule has 96 valence electrons. The molecule has 0 aliphatic heterocycles. The highest BCUT2D eigenvalue weighted by molar-refractivity contribution is 5.78. The van der Waals surface area contributed by atoms with Crippen LogP contribution in [0.4, 0.5) is 0 Å². The average Bonchev–Trinajstić information content (AvgIpc) is 2.29. The van der Waals surface area contributed by atoms with Crippen molar-refractivity contribution in [3.8, 4) is 0 Å². The van der Waals surface area contributed by atoms with Crippen LogP contribution >= 0.6 is 0 Å². The van der Waals surface area contributed by atoms with Crippen molar-refractivity contribution < 1.29 is 14.6 Å². The number of nitrogens with one attached hydrogen (secondary N) is 1. The minimum Gasteiger partial charge on any atom is -0.480 e. The van der Waals surface area contributed by atoms with Crippen molar-refractivity contribution in [1.29, 1.82) is 0 Å². The molecule has 4 nitrogen and oxygen atoms in total. The van der Waals surface area contributed by atoms with Gasteiger partial charge in [-0.3, -0.25) is 4.79 Å². The molecule has 0 aromatic rings. The number of hydrogen-bond donors (Lipinski definition) is 2. The molecule has 0 saturated heterocycles. The smallest absolute Gasteiger partial charge is 0.323 e. The van der Waals surface area contributed by atoms with E-state index < -0.39 is 11.5 Å². The lowest BCUT2D eigenvalue weighted by Gasteiger charge is -2.27. The van der Waals surface area contributed by atoms with Gasteiger partial charge in [0, 0.05) is 6.61 Å². The van der Waals surface area contributed by atoms with E-state index in [1.807, 2.05) is 13.8 Å². The Bertz CT molecular complexity index is 202. The van der Waals surface area contributed by atoms with E-state index in [0.29, 0.717) is 19.4 Å². The summed E-state index contributed by atoms with van der Waals surface area (Å²) in [6.07, 6.45) is 3.21. The van der Waals surface area contributed by atoms with E-state index in [1.54, 1.807) is 7.05 Å². The molecule has 2 N–H and O–H groups in total. The maximum atomic E-state index is 11.2. The van der Waals surface area contributed by atoms with Crippen LogP contribution in [0, 0.1) is 0 Å². The predicted octanol–water partition coefficient (Wildman–Crippen LogP) is 2.03. The average molecular weight is 231 g/mol. The molecular weight excluding hydrogens is 206 g/mol. The van der Waals surface area contributed by atoms with Crippen LogP contribution in [0.2, 0.25) is 0 Å². The molecule has 0 aromatic carbocycles. The molecule has 0 saturated carbocycles. The summed E-state index contributed by atoms with van der Waals surface area (Å²) in [6, 6.07) is 0. The number of carbonyl (C=O) groups is 1. The van der Waals surface area contributed by atoms with Crippen molar-refractivity contribution in [3.63, 3.8) is 0 Å². The normalized spacial score (nSPS) is 16.8. The van der Waals surface area contributed by atoms with E-state index in [2.05, 4.69) is 12.2 Å². The Kier molecular flexibility index (Phi) is 7.34. The SMILES string of the molecule is CCC(C)OCCCC(CC)(NC)C(=O)O. The summed E-state index contributed by atoms with van der Waals surface area (Å²) in [6.45, 7) is 6.63. The molecule has 0 fully saturated rings. The number of carboxylic acid groups (broad SMARTS) is 1. The summed E-state index contributed by atoms with van der Waals surface area (Å²) in [5, 5.41) is 12.1. The Hall–Kier alpha value is -0.610. The van der Waals surface area contributed by atoms with Gasteiger partial charge in [-0.2, -0.15) is 0 Å². The van der Waals surface area contributed by atoms with Crippen molar-refractivity contribution >= 4 is 5.97 Å². The topological polar surface area (TPSA) is 58.6 Å². The van der Waals surface area contributed by atoms with Crippen molar-refractivity contribution in [2.24, 2.45) is 0 Å². The van der Waals surface area contributed by atoms with Crippen LogP contribution in [0.1, 0.15) is 46.5 Å². The molecule has 0 aliphatic carbocycles. The molecule has 0 spiro atoms. The van der Waals surface area contributed by atoms with Crippen LogP contribution in [0.5, 0.6) is 0 Å². The van der Waals surface area contributed by atoms with Gasteiger partial charge in [0.1, 0.15) is 5.54 Å². The molecule has 0 radical (unpaired) electrons. The zero-order valence-electron chi connectivity index (χ0n) is 10.9. The zero-order valence-corrected chi connectivity index (χ0v) is 10.9. The first-order valence-corrected chi connectivity index (χ1v) is 6.06. The summed E-state index contributed by atoms with van der Waals surface area (Å²) in [5.74, 6) is -0.777. The Labute approximate surface area is 98.4 Å². The minimum absolute atomic E-state index is 0.260. The van der Waals surface area contributed by atoms with Gasteiger partial charge in [-0.25, -0.2) is 0 Å². The second kappa shape index (κ2) is 7.63. The van der Waals surface area contributed by atoms with Gasteiger partial charge in [0.05, 0.1) is 6.10 Å². The number of aliphatic carboxylic acids is 1. The Morgan fingerprint density at radius 1 is 1.50 bits per heavy atom. The van der Waals surface area contributed by atoms with Crippen molar-refractivity contribution in [2.45, 2.75) is 58.1 Å². The van der Waals surface area contributed by atoms with Crippen LogP contribution in [0.3, 0.4) is 0 Å². The molecule has 0 heterocycles. The van der Waals surface area contributed by atoms with E-state index >= 15 is 0 Å². The van der Waals surface area contributed by atoms with Gasteiger partial charge in [-0.05, 0) is 39.7 Å². The maximum absolute atomic E-state index is 11.2. The van der Waals surface area contributed by atoms with E-state index in [1.165, 1.54) is 0 Å². The molecule has 2 atom stereocenters. The first kappa shape index (κ1) is 15.4. The third-order valence-electron chi connectivity index (χ3n) is 3.22. The second-order valence-electron chi connectivity index (χ2n) is 4.18. The van der Waals surface area contributed by atoms with Gasteiger partial charge < -0.3 is 15.2 Å². The molecule has 0 bridgehead atoms. The molecule has 0 rings (SSSR count). The van der Waals surface area contributed by atoms with Crippen LogP contribution in [-0.2, 0) is 9.53 Å². The fourth-order valence-corrected chi connectivity index (χ4v) is 1.62. The number of carboxylic acids is 1. The standard InChI is InChI=1S/C12H25NO3/c1-5-10(3)16-9-7-8-12(6-2,13-4)11(14)15/h10,13H,5-9H2,1-4H3,(H,14,15). The van der Waals surface area contributed by atoms with E-state index in [0.717, 1.165) is 12.8 Å². The number of hydrogen-bond acceptors (Lipinski definition) is 3. The molecular formula is C12H25NO3. The third-order valence-corrected chi connectivity index (χ3v) is 3.22. The largest absolute Gasteiger partial charge is 0.480 e. The third kappa shape index (κ3) is 4.49. The summed E-state index contributed by atoms with van der Waals surface area (Å²) in [7, 11) is 1.70. The fourth-order valence-electron chi connectivity index (χ4n) is 1.62. The van der Waals surface area contributed by atoms with Crippen LogP contribution in [-0.4, -0.2) is 36.4 Å². The lowest BCUT2D eigenvalue weighted by molar-refractivity contribution is -0.145. The predicted molar refractivity (Wildman–Crippen MR) is 64.7 cm³/mol. The molecule has 16 heavy (non-hydrogen) atoms. The van der Waals surface area contributed by atoms with Crippen molar-refractivity contribution in [3.05, 3.63) is 0 Å². The first-order valence-electron chi connectivity index (χ1n) is 6.06. The van der Waals surface area contributed by atoms with Gasteiger partial charge in [-0.1, -0.05) is 13.8 Å². The lowest BCUT2D eigenvalue weighted by Crippen LogP contribution is -2.50. The summed E-state index contributed by atoms with van der Waals surface area (Å²) in [5.41, 5.74) is -0.793. The summed E-state index contributed by atoms with van der Waals surface area (Å²) in [4.78, 5) is 11.2.